The first kappa shape index (κ1) is 22.7. The van der Waals surface area contributed by atoms with Crippen molar-refractivity contribution in [2.24, 2.45) is 7.05 Å². The van der Waals surface area contributed by atoms with E-state index < -0.39 is 17.7 Å². The van der Waals surface area contributed by atoms with Gasteiger partial charge >= 0.3 is 0 Å². The van der Waals surface area contributed by atoms with Gasteiger partial charge in [0.1, 0.15) is 11.5 Å². The number of ether oxygens (including phenoxy) is 1. The van der Waals surface area contributed by atoms with Gasteiger partial charge in [-0.15, -0.1) is 0 Å². The smallest absolute Gasteiger partial charge is 0.300 e. The first-order valence-electron chi connectivity index (χ1n) is 11.2. The number of carbonyl (C=O) groups is 2. The number of aromatic nitrogens is 1. The number of Topliss-reactive ketones (excluding diaryl/α,β-unsaturated/α-hetero) is 1. The molecule has 2 heterocycles. The molecule has 1 aromatic heterocycles. The van der Waals surface area contributed by atoms with Crippen LogP contribution in [0.25, 0.3) is 16.7 Å². The fourth-order valence-electron chi connectivity index (χ4n) is 4.62. The Labute approximate surface area is 207 Å². The maximum absolute atomic E-state index is 13.4. The number of aryl methyl sites for hydroxylation is 1. The van der Waals surface area contributed by atoms with E-state index in [1.54, 1.807) is 48.5 Å². The van der Waals surface area contributed by atoms with Crippen LogP contribution < -0.4 is 9.64 Å². The molecule has 6 nitrogen and oxygen atoms in total. The summed E-state index contributed by atoms with van der Waals surface area (Å²) in [5.74, 6) is -1.04. The molecule has 0 radical (unpaired) electrons. The summed E-state index contributed by atoms with van der Waals surface area (Å²) in [6.07, 6.45) is 1.90. The second kappa shape index (κ2) is 8.96. The lowest BCUT2D eigenvalue weighted by Gasteiger charge is -2.25. The van der Waals surface area contributed by atoms with Gasteiger partial charge in [-0.3, -0.25) is 14.5 Å². The summed E-state index contributed by atoms with van der Waals surface area (Å²) in [4.78, 5) is 28.2. The second-order valence-electron chi connectivity index (χ2n) is 8.32. The van der Waals surface area contributed by atoms with Crippen molar-refractivity contribution >= 4 is 45.6 Å². The van der Waals surface area contributed by atoms with Crippen molar-refractivity contribution in [3.63, 3.8) is 0 Å². The highest BCUT2D eigenvalue weighted by Crippen LogP contribution is 2.44. The number of nitrogens with zero attached hydrogens (tertiary/aromatic N) is 2. The van der Waals surface area contributed by atoms with E-state index in [4.69, 9.17) is 16.3 Å². The maximum atomic E-state index is 13.4. The van der Waals surface area contributed by atoms with E-state index >= 15 is 0 Å². The minimum atomic E-state index is -0.825. The third-order valence-electron chi connectivity index (χ3n) is 6.21. The van der Waals surface area contributed by atoms with Gasteiger partial charge in [0.2, 0.25) is 0 Å². The molecule has 0 aliphatic carbocycles. The Morgan fingerprint density at radius 1 is 1.00 bits per heavy atom. The summed E-state index contributed by atoms with van der Waals surface area (Å²) in [5.41, 5.74) is 2.66. The maximum Gasteiger partial charge on any atom is 0.300 e. The van der Waals surface area contributed by atoms with Crippen LogP contribution in [-0.4, -0.2) is 28.0 Å². The molecular formula is C28H23ClN2O4. The number of amides is 1. The predicted octanol–water partition coefficient (Wildman–Crippen LogP) is 5.86. The lowest BCUT2D eigenvalue weighted by molar-refractivity contribution is -0.132. The highest BCUT2D eigenvalue weighted by Gasteiger charge is 2.47. The molecule has 1 saturated heterocycles. The van der Waals surface area contributed by atoms with Gasteiger partial charge in [-0.05, 0) is 61.5 Å². The van der Waals surface area contributed by atoms with E-state index in [9.17, 15) is 14.7 Å². The van der Waals surface area contributed by atoms with Gasteiger partial charge in [-0.25, -0.2) is 0 Å². The van der Waals surface area contributed by atoms with Crippen molar-refractivity contribution in [3.05, 3.63) is 101 Å². The molecule has 7 heteroatoms. The van der Waals surface area contributed by atoms with Crippen LogP contribution in [0.2, 0.25) is 5.02 Å². The van der Waals surface area contributed by atoms with Gasteiger partial charge in [-0.2, -0.15) is 0 Å². The van der Waals surface area contributed by atoms with Gasteiger partial charge in [0.15, 0.2) is 0 Å². The molecule has 0 saturated carbocycles. The van der Waals surface area contributed by atoms with Crippen molar-refractivity contribution in [2.75, 3.05) is 11.5 Å². The summed E-state index contributed by atoms with van der Waals surface area (Å²) < 4.78 is 7.44. The van der Waals surface area contributed by atoms with Crippen molar-refractivity contribution in [1.29, 1.82) is 0 Å². The Morgan fingerprint density at radius 2 is 1.69 bits per heavy atom. The number of rotatable bonds is 5. The topological polar surface area (TPSA) is 71.8 Å². The first-order chi connectivity index (χ1) is 16.9. The Kier molecular flexibility index (Phi) is 5.83. The number of para-hydroxylation sites is 1. The predicted molar refractivity (Wildman–Crippen MR) is 137 cm³/mol. The quantitative estimate of drug-likeness (QED) is 0.218. The number of benzene rings is 3. The van der Waals surface area contributed by atoms with Crippen LogP contribution in [0.15, 0.2) is 84.6 Å². The number of carbonyl (C=O) groups excluding carboxylic acids is 2. The summed E-state index contributed by atoms with van der Waals surface area (Å²) >= 11 is 6.08. The van der Waals surface area contributed by atoms with Crippen LogP contribution in [0.4, 0.5) is 5.69 Å². The number of fused-ring (bicyclic) bond motifs is 1. The SMILES string of the molecule is CCOc1ccc(/C(O)=C2\C(=O)C(=O)N(c3ccc(Cl)cc3)C2c2cn(C)c3ccccc23)cc1. The Hall–Kier alpha value is -4.03. The Balaban J connectivity index is 1.74. The second-order valence-corrected chi connectivity index (χ2v) is 8.75. The summed E-state index contributed by atoms with van der Waals surface area (Å²) in [7, 11) is 1.91. The zero-order valence-corrected chi connectivity index (χ0v) is 20.0. The lowest BCUT2D eigenvalue weighted by Crippen LogP contribution is -2.29. The zero-order valence-electron chi connectivity index (χ0n) is 19.2. The van der Waals surface area contributed by atoms with Crippen molar-refractivity contribution in [1.82, 2.24) is 4.57 Å². The minimum absolute atomic E-state index is 0.0328. The molecular weight excluding hydrogens is 464 g/mol. The minimum Gasteiger partial charge on any atom is -0.507 e. The first-order valence-corrected chi connectivity index (χ1v) is 11.6. The molecule has 0 spiro atoms. The van der Waals surface area contributed by atoms with Crippen molar-refractivity contribution in [2.45, 2.75) is 13.0 Å². The molecule has 5 rings (SSSR count). The number of aliphatic hydroxyl groups excluding tert-OH is 1. The number of hydrogen-bond acceptors (Lipinski definition) is 4. The molecule has 0 bridgehead atoms. The molecule has 1 unspecified atom stereocenters. The number of ketones is 1. The van der Waals surface area contributed by atoms with Crippen LogP contribution in [0.3, 0.4) is 0 Å². The standard InChI is InChI=1S/C28H23ClN2O4/c1-3-35-20-14-8-17(9-15-20)26(32)24-25(22-16-30(2)23-7-5-4-6-21(22)23)31(28(34)27(24)33)19-12-10-18(29)11-13-19/h4-16,25,32H,3H2,1-2H3/b26-24+. The van der Waals surface area contributed by atoms with Gasteiger partial charge < -0.3 is 14.4 Å². The van der Waals surface area contributed by atoms with E-state index in [2.05, 4.69) is 0 Å². The van der Waals surface area contributed by atoms with Crippen LogP contribution in [-0.2, 0) is 16.6 Å². The molecule has 1 aliphatic rings. The van der Waals surface area contributed by atoms with E-state index in [1.165, 1.54) is 4.90 Å². The molecule has 176 valence electrons. The summed E-state index contributed by atoms with van der Waals surface area (Å²) in [6, 6.07) is 20.5. The Bertz CT molecular complexity index is 1470. The largest absolute Gasteiger partial charge is 0.507 e. The Morgan fingerprint density at radius 3 is 2.37 bits per heavy atom. The molecule has 3 aromatic carbocycles. The molecule has 1 aliphatic heterocycles. The van der Waals surface area contributed by atoms with E-state index in [0.717, 1.165) is 16.5 Å². The lowest BCUT2D eigenvalue weighted by atomic mass is 9.94. The highest BCUT2D eigenvalue weighted by atomic mass is 35.5. The van der Waals surface area contributed by atoms with Crippen LogP contribution in [0.1, 0.15) is 24.1 Å². The van der Waals surface area contributed by atoms with Crippen molar-refractivity contribution < 1.29 is 19.4 Å². The molecule has 4 aromatic rings. The van der Waals surface area contributed by atoms with E-state index in [-0.39, 0.29) is 11.3 Å². The number of halogens is 1. The van der Waals surface area contributed by atoms with E-state index in [0.29, 0.717) is 28.6 Å². The zero-order chi connectivity index (χ0) is 24.7. The normalized spacial score (nSPS) is 17.3. The third-order valence-corrected chi connectivity index (χ3v) is 6.46. The van der Waals surface area contributed by atoms with Crippen LogP contribution in [0.5, 0.6) is 5.75 Å². The average Bonchev–Trinajstić information content (AvgIpc) is 3.33. The van der Waals surface area contributed by atoms with Crippen molar-refractivity contribution in [3.8, 4) is 5.75 Å². The molecule has 1 N–H and O–H groups in total. The van der Waals surface area contributed by atoms with Gasteiger partial charge in [-0.1, -0.05) is 29.8 Å². The summed E-state index contributed by atoms with van der Waals surface area (Å²) in [5, 5.41) is 12.8. The molecule has 35 heavy (non-hydrogen) atoms. The molecule has 1 amide bonds. The van der Waals surface area contributed by atoms with Gasteiger partial charge in [0.25, 0.3) is 11.7 Å². The third kappa shape index (κ3) is 3.86. The van der Waals surface area contributed by atoms with Crippen LogP contribution >= 0.6 is 11.6 Å². The monoisotopic (exact) mass is 486 g/mol. The van der Waals surface area contributed by atoms with Crippen LogP contribution in [0, 0.1) is 0 Å². The number of hydrogen-bond donors (Lipinski definition) is 1. The fourth-order valence-corrected chi connectivity index (χ4v) is 4.74. The fraction of sp³-hybridized carbons (Fsp3) is 0.143. The summed E-state index contributed by atoms with van der Waals surface area (Å²) in [6.45, 7) is 2.40. The molecule has 1 atom stereocenters. The highest BCUT2D eigenvalue weighted by molar-refractivity contribution is 6.52. The molecule has 1 fully saturated rings. The van der Waals surface area contributed by atoms with E-state index in [1.807, 2.05) is 49.0 Å². The van der Waals surface area contributed by atoms with Gasteiger partial charge in [0, 0.05) is 46.0 Å². The average molecular weight is 487 g/mol. The number of aliphatic hydroxyl groups is 1. The van der Waals surface area contributed by atoms with Gasteiger partial charge in [0.05, 0.1) is 18.2 Å². The number of anilines is 1.